The van der Waals surface area contributed by atoms with Crippen molar-refractivity contribution in [1.29, 1.82) is 0 Å². The lowest BCUT2D eigenvalue weighted by atomic mass is 13.4. The van der Waals surface area contributed by atoms with Crippen LogP contribution in [0.5, 0.6) is 0 Å². The molecule has 0 aliphatic carbocycles. The third-order valence-electron chi connectivity index (χ3n) is 0. The minimum atomic E-state index is 1.25. The first-order valence-corrected chi connectivity index (χ1v) is 1.07. The lowest BCUT2D eigenvalue weighted by Crippen LogP contribution is -1.25. The van der Waals surface area contributed by atoms with Crippen LogP contribution in [-0.4, -0.2) is 5.21 Å². The Morgan fingerprint density at radius 2 is 1.50 bits per heavy atom. The van der Waals surface area contributed by atoms with E-state index in [1.54, 1.807) is 4.70 Å². The quantitative estimate of drug-likeness (QED) is 0.376. The first-order valence-electron chi connectivity index (χ1n) is 0.734. The molecular formula is HClN2O3. The van der Waals surface area contributed by atoms with Gasteiger partial charge in [0.1, 0.15) is 0 Å². The Bertz CT molecular complexity index is 29.8. The van der Waals surface area contributed by atoms with Gasteiger partial charge in [0.2, 0.25) is 0 Å². The monoisotopic (exact) mass is 112 g/mol. The topological polar surface area (TPSA) is 79.1 Å². The molecular weight excluding hydrogens is 111 g/mol. The van der Waals surface area contributed by atoms with Gasteiger partial charge in [0, 0.05) is 4.70 Å². The second kappa shape index (κ2) is 27.9. The minimum Gasteiger partial charge on any atom is -0.379 e. The maximum atomic E-state index is 8.32. The fourth-order valence-corrected chi connectivity index (χ4v) is 0. The molecule has 0 radical (unpaired) electrons. The molecule has 1 N–H and O–H groups in total. The second-order valence-corrected chi connectivity index (χ2v) is 0.289. The smallest absolute Gasteiger partial charge is 0.152 e. The van der Waals surface area contributed by atoms with Crippen molar-refractivity contribution < 1.29 is 5.21 Å². The summed E-state index contributed by atoms with van der Waals surface area (Å²) in [5, 5.41) is 7.89. The van der Waals surface area contributed by atoms with E-state index in [0.717, 1.165) is 0 Å². The maximum Gasteiger partial charge on any atom is 0.152 e. The van der Waals surface area contributed by atoms with E-state index in [1.807, 2.05) is 0 Å². The lowest BCUT2D eigenvalue weighted by Gasteiger charge is -1.32. The Labute approximate surface area is 37.9 Å². The van der Waals surface area contributed by atoms with Crippen LogP contribution in [0.4, 0.5) is 0 Å². The summed E-state index contributed by atoms with van der Waals surface area (Å²) in [7, 11) is 0. The Morgan fingerprint density at radius 1 is 1.50 bits per heavy atom. The van der Waals surface area contributed by atoms with Crippen molar-refractivity contribution in [2.45, 2.75) is 0 Å². The Hall–Kier alpha value is -0.710. The van der Waals surface area contributed by atoms with Gasteiger partial charge >= 0.3 is 0 Å². The Balaban J connectivity index is 0. The molecule has 0 aliphatic rings. The van der Waals surface area contributed by atoms with E-state index in [0.29, 0.717) is 0 Å². The highest BCUT2D eigenvalue weighted by atomic mass is 35.5. The van der Waals surface area contributed by atoms with E-state index < -0.39 is 0 Å². The average molecular weight is 112 g/mol. The van der Waals surface area contributed by atoms with Gasteiger partial charge < -0.3 is 5.21 Å². The first kappa shape index (κ1) is 8.99. The molecule has 6 heteroatoms. The largest absolute Gasteiger partial charge is 0.379 e. The van der Waals surface area contributed by atoms with Crippen LogP contribution in [0.15, 0.2) is 10.0 Å². The average Bonchev–Trinajstić information content (AvgIpc) is 1.39. The van der Waals surface area contributed by atoms with Crippen LogP contribution in [0.1, 0.15) is 0 Å². The molecule has 0 amide bonds. The number of rotatable bonds is 0. The number of hydrogen-bond donors (Lipinski definition) is 1. The lowest BCUT2D eigenvalue weighted by molar-refractivity contribution is 0.312. The molecule has 0 aromatic rings. The molecule has 0 saturated carbocycles. The highest BCUT2D eigenvalue weighted by molar-refractivity contribution is 6.14. The fraction of sp³-hybridized carbons (Fsp3) is 0. The van der Waals surface area contributed by atoms with Gasteiger partial charge in [-0.25, -0.2) is 0 Å². The molecule has 0 spiro atoms. The molecule has 5 nitrogen and oxygen atoms in total. The fourth-order valence-electron chi connectivity index (χ4n) is 0. The summed E-state index contributed by atoms with van der Waals surface area (Å²) in [6.07, 6.45) is 0. The SMILES string of the molecule is O=NCl.O=NO. The van der Waals surface area contributed by atoms with Crippen LogP contribution in [-0.2, 0) is 0 Å². The highest BCUT2D eigenvalue weighted by Gasteiger charge is 1.26. The number of hydrogen-bond acceptors (Lipinski definition) is 4. The molecule has 0 fully saturated rings. The van der Waals surface area contributed by atoms with Crippen molar-refractivity contribution in [3.05, 3.63) is 9.81 Å². The van der Waals surface area contributed by atoms with Crippen molar-refractivity contribution in [1.82, 2.24) is 0 Å². The summed E-state index contributed by atoms with van der Waals surface area (Å²) in [6, 6.07) is 0. The predicted octanol–water partition coefficient (Wildman–Crippen LogP) is 1.05. The van der Waals surface area contributed by atoms with E-state index in [2.05, 4.69) is 11.8 Å². The third kappa shape index (κ3) is 34.2. The van der Waals surface area contributed by atoms with Crippen LogP contribution in [0.25, 0.3) is 0 Å². The zero-order chi connectivity index (χ0) is 5.41. The van der Waals surface area contributed by atoms with E-state index in [1.165, 1.54) is 5.34 Å². The summed E-state index contributed by atoms with van der Waals surface area (Å²) in [4.78, 5) is 16.4. The molecule has 6 heavy (non-hydrogen) atoms. The van der Waals surface area contributed by atoms with Crippen molar-refractivity contribution >= 4 is 11.8 Å². The highest BCUT2D eigenvalue weighted by Crippen LogP contribution is 1.60. The summed E-state index contributed by atoms with van der Waals surface area (Å²) < 4.78 is 1.72. The zero-order valence-electron chi connectivity index (χ0n) is 2.54. The van der Waals surface area contributed by atoms with Crippen LogP contribution >= 0.6 is 11.8 Å². The summed E-state index contributed by atoms with van der Waals surface area (Å²) in [5.41, 5.74) is 0. The van der Waals surface area contributed by atoms with Gasteiger partial charge in [-0.3, -0.25) is 0 Å². The second-order valence-electron chi connectivity index (χ2n) is 0.151. The molecule has 36 valence electrons. The third-order valence-corrected chi connectivity index (χ3v) is 0. The molecule has 0 aliphatic heterocycles. The van der Waals surface area contributed by atoms with E-state index in [4.69, 9.17) is 15.0 Å². The normalized spacial score (nSPS) is 4.17. The standard InChI is InChI=1S/ClNO.HNO2/c1-2-3;2-1-3/h;(H,2,3). The number of nitrogens with zero attached hydrogens (tertiary/aromatic N) is 2. The van der Waals surface area contributed by atoms with Crippen molar-refractivity contribution in [3.8, 4) is 0 Å². The van der Waals surface area contributed by atoms with Crippen LogP contribution < -0.4 is 0 Å². The van der Waals surface area contributed by atoms with E-state index in [-0.39, 0.29) is 0 Å². The van der Waals surface area contributed by atoms with Gasteiger partial charge in [0.25, 0.3) is 0 Å². The predicted molar refractivity (Wildman–Crippen MR) is 19.2 cm³/mol. The molecule has 0 aromatic heterocycles. The van der Waals surface area contributed by atoms with E-state index in [9.17, 15) is 0 Å². The van der Waals surface area contributed by atoms with Gasteiger partial charge in [0.05, 0.1) is 11.8 Å². The van der Waals surface area contributed by atoms with Crippen LogP contribution in [0, 0.1) is 9.81 Å². The first-order chi connectivity index (χ1) is 2.83. The molecule has 0 atom stereocenters. The van der Waals surface area contributed by atoms with Crippen LogP contribution in [0.2, 0.25) is 0 Å². The summed E-state index contributed by atoms with van der Waals surface area (Å²) >= 11 is 4.07. The molecule has 0 bridgehead atoms. The van der Waals surface area contributed by atoms with Gasteiger partial charge in [-0.15, -0.1) is 9.81 Å². The molecule has 0 unspecified atom stereocenters. The van der Waals surface area contributed by atoms with Crippen LogP contribution in [0.3, 0.4) is 0 Å². The molecule has 0 heterocycles. The minimum absolute atomic E-state index is 1.25. The number of nitroso groups, excluding NO2 is 1. The maximum absolute atomic E-state index is 8.32. The van der Waals surface area contributed by atoms with Crippen molar-refractivity contribution in [3.63, 3.8) is 0 Å². The Morgan fingerprint density at radius 3 is 1.50 bits per heavy atom. The molecule has 0 aromatic carbocycles. The van der Waals surface area contributed by atoms with Gasteiger partial charge in [0.15, 0.2) is 5.34 Å². The molecule has 0 rings (SSSR count). The van der Waals surface area contributed by atoms with Gasteiger partial charge in [-0.05, 0) is 0 Å². The molecule has 0 saturated heterocycles. The number of halogens is 1. The van der Waals surface area contributed by atoms with Gasteiger partial charge in [-0.2, -0.15) is 0 Å². The summed E-state index contributed by atoms with van der Waals surface area (Å²) in [5.74, 6) is 0. The van der Waals surface area contributed by atoms with Crippen molar-refractivity contribution in [2.24, 2.45) is 10.0 Å². The zero-order valence-corrected chi connectivity index (χ0v) is 3.29. The van der Waals surface area contributed by atoms with Gasteiger partial charge in [-0.1, -0.05) is 0 Å². The van der Waals surface area contributed by atoms with Crippen molar-refractivity contribution in [2.75, 3.05) is 0 Å². The summed E-state index contributed by atoms with van der Waals surface area (Å²) in [6.45, 7) is 0. The Kier molecular flexibility index (Phi) is 41.8. The van der Waals surface area contributed by atoms with E-state index >= 15 is 0 Å².